The third kappa shape index (κ3) is 4.29. The first-order chi connectivity index (χ1) is 9.27. The molecule has 0 saturated carbocycles. The summed E-state index contributed by atoms with van der Waals surface area (Å²) in [6.07, 6.45) is 0.404. The minimum absolute atomic E-state index is 0.0514. The van der Waals surface area contributed by atoms with Crippen molar-refractivity contribution in [3.8, 4) is 0 Å². The molecule has 1 aromatic heterocycles. The smallest absolute Gasteiger partial charge is 0.238 e. The van der Waals surface area contributed by atoms with Crippen LogP contribution >= 0.6 is 0 Å². The zero-order valence-electron chi connectivity index (χ0n) is 12.2. The van der Waals surface area contributed by atoms with E-state index in [9.17, 15) is 13.2 Å². The second-order valence-electron chi connectivity index (χ2n) is 4.84. The van der Waals surface area contributed by atoms with E-state index in [4.69, 9.17) is 4.52 Å². The molecule has 1 N–H and O–H groups in total. The highest BCUT2D eigenvalue weighted by Crippen LogP contribution is 2.10. The first kappa shape index (κ1) is 16.6. The van der Waals surface area contributed by atoms with Crippen molar-refractivity contribution in [3.63, 3.8) is 0 Å². The van der Waals surface area contributed by atoms with Crippen molar-refractivity contribution in [2.45, 2.75) is 45.3 Å². The van der Waals surface area contributed by atoms with E-state index >= 15 is 0 Å². The van der Waals surface area contributed by atoms with Crippen LogP contribution in [0, 0.1) is 0 Å². The van der Waals surface area contributed by atoms with Crippen LogP contribution in [0.5, 0.6) is 0 Å². The largest absolute Gasteiger partial charge is 0.355 e. The Bertz CT molecular complexity index is 551. The van der Waals surface area contributed by atoms with Crippen molar-refractivity contribution in [1.82, 2.24) is 15.5 Å². The number of sulfone groups is 1. The molecule has 20 heavy (non-hydrogen) atoms. The highest BCUT2D eigenvalue weighted by atomic mass is 32.2. The summed E-state index contributed by atoms with van der Waals surface area (Å²) in [5, 5.41) is 5.32. The highest BCUT2D eigenvalue weighted by molar-refractivity contribution is 7.92. The Kier molecular flexibility index (Phi) is 5.67. The molecule has 0 aliphatic rings. The lowest BCUT2D eigenvalue weighted by molar-refractivity contribution is -0.120. The average Bonchev–Trinajstić information content (AvgIpc) is 2.86. The summed E-state index contributed by atoms with van der Waals surface area (Å²) in [5.74, 6) is 0.651. The average molecular weight is 303 g/mol. The second kappa shape index (κ2) is 6.83. The summed E-state index contributed by atoms with van der Waals surface area (Å²) in [7, 11) is -3.36. The van der Waals surface area contributed by atoms with E-state index in [1.807, 2.05) is 13.8 Å². The van der Waals surface area contributed by atoms with Crippen LogP contribution in [0.15, 0.2) is 4.52 Å². The minimum Gasteiger partial charge on any atom is -0.355 e. The van der Waals surface area contributed by atoms with Gasteiger partial charge in [-0.2, -0.15) is 4.98 Å². The Morgan fingerprint density at radius 1 is 1.35 bits per heavy atom. The monoisotopic (exact) mass is 303 g/mol. The van der Waals surface area contributed by atoms with Gasteiger partial charge in [0, 0.05) is 24.6 Å². The second-order valence-corrected chi connectivity index (χ2v) is 7.45. The Labute approximate surface area is 119 Å². The van der Waals surface area contributed by atoms with Crippen LogP contribution in [-0.4, -0.2) is 42.0 Å². The number of carbonyl (C=O) groups excluding carboxylic acids is 1. The SMILES string of the molecule is CCS(=O)(=O)C(C)C(=O)NCCc1noc(C(C)C)n1. The third-order valence-electron chi connectivity index (χ3n) is 2.94. The maximum Gasteiger partial charge on any atom is 0.238 e. The van der Waals surface area contributed by atoms with Gasteiger partial charge in [0.25, 0.3) is 0 Å². The van der Waals surface area contributed by atoms with E-state index in [2.05, 4.69) is 15.5 Å². The van der Waals surface area contributed by atoms with Crippen LogP contribution in [-0.2, 0) is 21.1 Å². The lowest BCUT2D eigenvalue weighted by Crippen LogP contribution is -2.39. The van der Waals surface area contributed by atoms with Crippen molar-refractivity contribution in [1.29, 1.82) is 0 Å². The molecule has 0 bridgehead atoms. The van der Waals surface area contributed by atoms with Crippen molar-refractivity contribution in [2.24, 2.45) is 0 Å². The van der Waals surface area contributed by atoms with Gasteiger partial charge in [0.05, 0.1) is 0 Å². The number of hydrogen-bond donors (Lipinski definition) is 1. The molecule has 1 amide bonds. The predicted octanol–water partition coefficient (Wildman–Crippen LogP) is 0.675. The van der Waals surface area contributed by atoms with E-state index in [1.54, 1.807) is 0 Å². The van der Waals surface area contributed by atoms with Crippen LogP contribution in [0.3, 0.4) is 0 Å². The van der Waals surface area contributed by atoms with Crippen molar-refractivity contribution in [3.05, 3.63) is 11.7 Å². The van der Waals surface area contributed by atoms with E-state index < -0.39 is 21.0 Å². The molecule has 0 aliphatic heterocycles. The van der Waals surface area contributed by atoms with Gasteiger partial charge in [-0.1, -0.05) is 25.9 Å². The summed E-state index contributed by atoms with van der Waals surface area (Å²) >= 11 is 0. The molecule has 0 spiro atoms. The Morgan fingerprint density at radius 3 is 2.50 bits per heavy atom. The fourth-order valence-corrected chi connectivity index (χ4v) is 2.37. The molecule has 0 aliphatic carbocycles. The molecule has 1 rings (SSSR count). The number of aromatic nitrogens is 2. The van der Waals surface area contributed by atoms with E-state index in [-0.39, 0.29) is 18.2 Å². The molecular formula is C12H21N3O4S. The van der Waals surface area contributed by atoms with Crippen LogP contribution < -0.4 is 5.32 Å². The van der Waals surface area contributed by atoms with Crippen molar-refractivity contribution in [2.75, 3.05) is 12.3 Å². The summed E-state index contributed by atoms with van der Waals surface area (Å²) in [6, 6.07) is 0. The quantitative estimate of drug-likeness (QED) is 0.794. The van der Waals surface area contributed by atoms with E-state index in [0.29, 0.717) is 18.1 Å². The summed E-state index contributed by atoms with van der Waals surface area (Å²) in [6.45, 7) is 7.07. The molecule has 8 heteroatoms. The van der Waals surface area contributed by atoms with Gasteiger partial charge in [0.15, 0.2) is 15.7 Å². The molecule has 1 heterocycles. The summed E-state index contributed by atoms with van der Waals surface area (Å²) in [4.78, 5) is 15.9. The molecular weight excluding hydrogens is 282 g/mol. The van der Waals surface area contributed by atoms with Crippen LogP contribution in [0.1, 0.15) is 45.3 Å². The van der Waals surface area contributed by atoms with Crippen molar-refractivity contribution < 1.29 is 17.7 Å². The molecule has 1 atom stereocenters. The third-order valence-corrected chi connectivity index (χ3v) is 5.03. The Balaban J connectivity index is 2.46. The minimum atomic E-state index is -3.36. The van der Waals surface area contributed by atoms with Crippen LogP contribution in [0.25, 0.3) is 0 Å². The maximum absolute atomic E-state index is 11.7. The fraction of sp³-hybridized carbons (Fsp3) is 0.750. The van der Waals surface area contributed by atoms with E-state index in [1.165, 1.54) is 13.8 Å². The standard InChI is InChI=1S/C12H21N3O4S/c1-5-20(17,18)9(4)11(16)13-7-6-10-14-12(8(2)3)19-15-10/h8-9H,5-7H2,1-4H3,(H,13,16). The Morgan fingerprint density at radius 2 is 2.00 bits per heavy atom. The van der Waals surface area contributed by atoms with Crippen molar-refractivity contribution >= 4 is 15.7 Å². The number of nitrogens with zero attached hydrogens (tertiary/aromatic N) is 2. The summed E-state index contributed by atoms with van der Waals surface area (Å²) < 4.78 is 28.1. The molecule has 114 valence electrons. The molecule has 0 fully saturated rings. The molecule has 0 saturated heterocycles. The van der Waals surface area contributed by atoms with Gasteiger partial charge in [0.1, 0.15) is 5.25 Å². The Hall–Kier alpha value is -1.44. The highest BCUT2D eigenvalue weighted by Gasteiger charge is 2.25. The number of hydrogen-bond acceptors (Lipinski definition) is 6. The van der Waals surface area contributed by atoms with Gasteiger partial charge in [-0.15, -0.1) is 0 Å². The van der Waals surface area contributed by atoms with Crippen LogP contribution in [0.4, 0.5) is 0 Å². The lowest BCUT2D eigenvalue weighted by Gasteiger charge is -2.11. The zero-order chi connectivity index (χ0) is 15.3. The summed E-state index contributed by atoms with van der Waals surface area (Å²) in [5.41, 5.74) is 0. The molecule has 7 nitrogen and oxygen atoms in total. The molecule has 1 aromatic rings. The molecule has 0 aromatic carbocycles. The molecule has 1 unspecified atom stereocenters. The van der Waals surface area contributed by atoms with Gasteiger partial charge in [-0.25, -0.2) is 8.42 Å². The normalized spacial score (nSPS) is 13.4. The maximum atomic E-state index is 11.7. The molecule has 0 radical (unpaired) electrons. The lowest BCUT2D eigenvalue weighted by atomic mass is 10.2. The first-order valence-electron chi connectivity index (χ1n) is 6.59. The van der Waals surface area contributed by atoms with E-state index in [0.717, 1.165) is 0 Å². The topological polar surface area (TPSA) is 102 Å². The van der Waals surface area contributed by atoms with Gasteiger partial charge in [-0.3, -0.25) is 4.79 Å². The fourth-order valence-electron chi connectivity index (χ4n) is 1.46. The zero-order valence-corrected chi connectivity index (χ0v) is 13.0. The van der Waals surface area contributed by atoms with Gasteiger partial charge in [0.2, 0.25) is 11.8 Å². The number of rotatable bonds is 7. The number of carbonyl (C=O) groups is 1. The number of nitrogens with one attached hydrogen (secondary N) is 1. The van der Waals surface area contributed by atoms with Crippen LogP contribution in [0.2, 0.25) is 0 Å². The van der Waals surface area contributed by atoms with Gasteiger partial charge in [-0.05, 0) is 6.92 Å². The first-order valence-corrected chi connectivity index (χ1v) is 8.31. The number of amides is 1. The predicted molar refractivity (Wildman–Crippen MR) is 74.0 cm³/mol. The van der Waals surface area contributed by atoms with Gasteiger partial charge < -0.3 is 9.84 Å². The van der Waals surface area contributed by atoms with Gasteiger partial charge >= 0.3 is 0 Å².